The number of rotatable bonds is 8. The molecule has 1 amide bonds. The zero-order valence-electron chi connectivity index (χ0n) is 17.4. The highest BCUT2D eigenvalue weighted by Crippen LogP contribution is 2.31. The summed E-state index contributed by atoms with van der Waals surface area (Å²) in [5.74, 6) is 0.366. The van der Waals surface area contributed by atoms with Gasteiger partial charge in [0.1, 0.15) is 17.4 Å². The number of hydrogen-bond donors (Lipinski definition) is 2. The fourth-order valence-electron chi connectivity index (χ4n) is 3.21. The largest absolute Gasteiger partial charge is 0.482 e. The highest BCUT2D eigenvalue weighted by molar-refractivity contribution is 14.0. The summed E-state index contributed by atoms with van der Waals surface area (Å²) in [7, 11) is 0. The number of halogens is 3. The first-order chi connectivity index (χ1) is 14.6. The zero-order chi connectivity index (χ0) is 21.3. The molecule has 2 aromatic carbocycles. The van der Waals surface area contributed by atoms with Crippen LogP contribution in [0.4, 0.5) is 14.5 Å². The molecule has 0 aromatic heterocycles. The second-order valence-corrected chi connectivity index (χ2v) is 6.83. The van der Waals surface area contributed by atoms with Crippen LogP contribution in [0.1, 0.15) is 18.9 Å². The molecule has 9 heteroatoms. The van der Waals surface area contributed by atoms with Crippen LogP contribution in [0.25, 0.3) is 0 Å². The van der Waals surface area contributed by atoms with Gasteiger partial charge in [-0.3, -0.25) is 9.79 Å². The Labute approximate surface area is 198 Å². The first-order valence-corrected chi connectivity index (χ1v) is 10.1. The van der Waals surface area contributed by atoms with E-state index < -0.39 is 11.6 Å². The highest BCUT2D eigenvalue weighted by atomic mass is 127. The first kappa shape index (κ1) is 24.8. The van der Waals surface area contributed by atoms with Gasteiger partial charge < -0.3 is 20.3 Å². The summed E-state index contributed by atoms with van der Waals surface area (Å²) in [5.41, 5.74) is 1.10. The van der Waals surface area contributed by atoms with E-state index in [1.807, 2.05) is 31.2 Å². The van der Waals surface area contributed by atoms with Gasteiger partial charge in [0.05, 0.1) is 5.69 Å². The third kappa shape index (κ3) is 7.05. The average Bonchev–Trinajstić information content (AvgIpc) is 2.74. The molecular formula is C22H27F2IN4O2. The maximum Gasteiger partial charge on any atom is 0.265 e. The van der Waals surface area contributed by atoms with E-state index >= 15 is 0 Å². The molecule has 1 heterocycles. The van der Waals surface area contributed by atoms with Gasteiger partial charge in [-0.25, -0.2) is 8.78 Å². The Morgan fingerprint density at radius 1 is 1.19 bits per heavy atom. The Morgan fingerprint density at radius 3 is 2.81 bits per heavy atom. The summed E-state index contributed by atoms with van der Waals surface area (Å²) in [4.78, 5) is 18.4. The molecule has 31 heavy (non-hydrogen) atoms. The molecule has 1 aliphatic rings. The molecule has 2 N–H and O–H groups in total. The van der Waals surface area contributed by atoms with Crippen LogP contribution < -0.4 is 20.3 Å². The Balaban J connectivity index is 0.00000341. The smallest absolute Gasteiger partial charge is 0.265 e. The Kier molecular flexibility index (Phi) is 9.96. The molecule has 0 radical (unpaired) electrons. The van der Waals surface area contributed by atoms with E-state index in [4.69, 9.17) is 4.74 Å². The summed E-state index contributed by atoms with van der Waals surface area (Å²) in [5, 5.41) is 6.26. The molecule has 168 valence electrons. The minimum absolute atomic E-state index is 0. The van der Waals surface area contributed by atoms with Crippen molar-refractivity contribution < 1.29 is 18.3 Å². The molecule has 2 aromatic rings. The van der Waals surface area contributed by atoms with E-state index in [0.29, 0.717) is 56.3 Å². The van der Waals surface area contributed by atoms with Crippen LogP contribution in [0, 0.1) is 11.6 Å². The number of guanidine groups is 1. The molecule has 0 unspecified atom stereocenters. The van der Waals surface area contributed by atoms with E-state index in [0.717, 1.165) is 17.8 Å². The van der Waals surface area contributed by atoms with Crippen LogP contribution in [0.3, 0.4) is 0 Å². The number of nitrogens with one attached hydrogen (secondary N) is 2. The van der Waals surface area contributed by atoms with Crippen molar-refractivity contribution in [3.63, 3.8) is 0 Å². The molecule has 0 aliphatic carbocycles. The lowest BCUT2D eigenvalue weighted by molar-refractivity contribution is -0.121. The third-order valence-electron chi connectivity index (χ3n) is 4.66. The standard InChI is InChI=1S/C22H26F2N4O2.HI/c1-2-25-22(27-12-10-16-14-17(23)8-9-18(16)24)26-11-5-13-28-19-6-3-4-7-20(19)30-15-21(28)29;/h3-4,6-9,14H,2,5,10-13,15H2,1H3,(H2,25,26,27);1H. The van der Waals surface area contributed by atoms with Gasteiger partial charge in [0.15, 0.2) is 12.6 Å². The number of carbonyl (C=O) groups is 1. The summed E-state index contributed by atoms with van der Waals surface area (Å²) in [6, 6.07) is 10.9. The van der Waals surface area contributed by atoms with Crippen molar-refractivity contribution in [2.75, 3.05) is 37.7 Å². The van der Waals surface area contributed by atoms with E-state index in [2.05, 4.69) is 15.6 Å². The SMILES string of the molecule is CCNC(=NCCCN1C(=O)COc2ccccc21)NCCc1cc(F)ccc1F.I. The molecule has 0 spiro atoms. The van der Waals surface area contributed by atoms with Crippen LogP contribution in [0.15, 0.2) is 47.5 Å². The monoisotopic (exact) mass is 544 g/mol. The molecule has 0 saturated heterocycles. The van der Waals surface area contributed by atoms with E-state index in [9.17, 15) is 13.6 Å². The summed E-state index contributed by atoms with van der Waals surface area (Å²) in [6.45, 7) is 4.14. The van der Waals surface area contributed by atoms with Crippen LogP contribution >= 0.6 is 24.0 Å². The minimum Gasteiger partial charge on any atom is -0.482 e. The van der Waals surface area contributed by atoms with Crippen LogP contribution in [0.2, 0.25) is 0 Å². The van der Waals surface area contributed by atoms with Gasteiger partial charge in [0.25, 0.3) is 5.91 Å². The van der Waals surface area contributed by atoms with Gasteiger partial charge in [0.2, 0.25) is 0 Å². The highest BCUT2D eigenvalue weighted by Gasteiger charge is 2.24. The zero-order valence-corrected chi connectivity index (χ0v) is 19.7. The summed E-state index contributed by atoms with van der Waals surface area (Å²) < 4.78 is 32.4. The fraction of sp³-hybridized carbons (Fsp3) is 0.364. The Bertz CT molecular complexity index is 911. The van der Waals surface area contributed by atoms with Gasteiger partial charge in [0, 0.05) is 26.2 Å². The number of hydrogen-bond acceptors (Lipinski definition) is 3. The van der Waals surface area contributed by atoms with Crippen LogP contribution in [-0.4, -0.2) is 44.7 Å². The lowest BCUT2D eigenvalue weighted by Crippen LogP contribution is -2.40. The average molecular weight is 544 g/mol. The minimum atomic E-state index is -0.453. The molecule has 0 bridgehead atoms. The Morgan fingerprint density at radius 2 is 2.00 bits per heavy atom. The van der Waals surface area contributed by atoms with Crippen molar-refractivity contribution >= 4 is 41.5 Å². The van der Waals surface area contributed by atoms with E-state index in [1.165, 1.54) is 6.07 Å². The second kappa shape index (κ2) is 12.4. The van der Waals surface area contributed by atoms with Gasteiger partial charge in [-0.2, -0.15) is 0 Å². The molecule has 3 rings (SSSR count). The number of nitrogens with zero attached hydrogens (tertiary/aromatic N) is 2. The molecule has 1 aliphatic heterocycles. The second-order valence-electron chi connectivity index (χ2n) is 6.83. The number of carbonyl (C=O) groups excluding carboxylic acids is 1. The molecule has 6 nitrogen and oxygen atoms in total. The predicted molar refractivity (Wildman–Crippen MR) is 128 cm³/mol. The van der Waals surface area contributed by atoms with Crippen LogP contribution in [0.5, 0.6) is 5.75 Å². The normalized spacial score (nSPS) is 13.2. The Hall–Kier alpha value is -2.43. The maximum absolute atomic E-state index is 13.7. The van der Waals surface area contributed by atoms with Gasteiger partial charge in [-0.15, -0.1) is 24.0 Å². The molecule has 0 atom stereocenters. The lowest BCUT2D eigenvalue weighted by Gasteiger charge is -2.29. The van der Waals surface area contributed by atoms with E-state index in [1.54, 1.807) is 4.90 Å². The number of para-hydroxylation sites is 2. The molecule has 0 fully saturated rings. The number of aliphatic imine (C=N–C) groups is 1. The van der Waals surface area contributed by atoms with Crippen molar-refractivity contribution in [1.82, 2.24) is 10.6 Å². The van der Waals surface area contributed by atoms with Gasteiger partial charge >= 0.3 is 0 Å². The van der Waals surface area contributed by atoms with E-state index in [-0.39, 0.29) is 36.5 Å². The first-order valence-electron chi connectivity index (χ1n) is 10.1. The van der Waals surface area contributed by atoms with Crippen LogP contribution in [-0.2, 0) is 11.2 Å². The van der Waals surface area contributed by atoms with Crippen molar-refractivity contribution in [3.8, 4) is 5.75 Å². The lowest BCUT2D eigenvalue weighted by atomic mass is 10.1. The molecule has 0 saturated carbocycles. The number of amides is 1. The number of fused-ring (bicyclic) bond motifs is 1. The third-order valence-corrected chi connectivity index (χ3v) is 4.66. The quantitative estimate of drug-likeness (QED) is 0.231. The molecular weight excluding hydrogens is 517 g/mol. The van der Waals surface area contributed by atoms with Crippen molar-refractivity contribution in [3.05, 3.63) is 59.7 Å². The van der Waals surface area contributed by atoms with Gasteiger partial charge in [-0.05, 0) is 55.7 Å². The van der Waals surface area contributed by atoms with Gasteiger partial charge in [-0.1, -0.05) is 12.1 Å². The topological polar surface area (TPSA) is 66.0 Å². The number of ether oxygens (including phenoxy) is 1. The van der Waals surface area contributed by atoms with Crippen molar-refractivity contribution in [1.29, 1.82) is 0 Å². The summed E-state index contributed by atoms with van der Waals surface area (Å²) >= 11 is 0. The number of anilines is 1. The van der Waals surface area contributed by atoms with Crippen molar-refractivity contribution in [2.45, 2.75) is 19.8 Å². The van der Waals surface area contributed by atoms with Crippen molar-refractivity contribution in [2.24, 2.45) is 4.99 Å². The summed E-state index contributed by atoms with van der Waals surface area (Å²) in [6.07, 6.45) is 1.02. The fourth-order valence-corrected chi connectivity index (χ4v) is 3.21. The number of benzene rings is 2. The maximum atomic E-state index is 13.7. The predicted octanol–water partition coefficient (Wildman–Crippen LogP) is 3.50.